The first-order valence-corrected chi connectivity index (χ1v) is 4.27. The zero-order valence-electron chi connectivity index (χ0n) is 6.55. The smallest absolute Gasteiger partial charge is 0.305 e. The Morgan fingerprint density at radius 1 is 1.75 bits per heavy atom. The lowest BCUT2D eigenvalue weighted by Crippen LogP contribution is -2.28. The second-order valence-electron chi connectivity index (χ2n) is 2.49. The largest absolute Gasteiger partial charge is 0.481 e. The zero-order chi connectivity index (χ0) is 9.78. The van der Waals surface area contributed by atoms with Gasteiger partial charge in [-0.25, -0.2) is 0 Å². The van der Waals surface area contributed by atoms with Crippen LogP contribution in [0.4, 0.5) is 0 Å². The summed E-state index contributed by atoms with van der Waals surface area (Å²) in [6.07, 6.45) is 0.00509. The standard InChI is InChI=1S/C7H9Cl2NO2/c1-2-7(4-10,6(8)9)3-5(11)12/h6H,2-3H2,1H3,(H,11,12). The molecule has 0 aliphatic rings. The third kappa shape index (κ3) is 2.54. The Hall–Kier alpha value is -0.460. The van der Waals surface area contributed by atoms with Crippen LogP contribution in [-0.2, 0) is 4.79 Å². The number of halogens is 2. The first kappa shape index (κ1) is 11.5. The minimum absolute atomic E-state index is 0.322. The monoisotopic (exact) mass is 209 g/mol. The van der Waals surface area contributed by atoms with Gasteiger partial charge in [-0.2, -0.15) is 5.26 Å². The van der Waals surface area contributed by atoms with E-state index in [-0.39, 0.29) is 6.42 Å². The molecule has 68 valence electrons. The van der Waals surface area contributed by atoms with Crippen molar-refractivity contribution in [2.24, 2.45) is 5.41 Å². The van der Waals surface area contributed by atoms with E-state index in [1.165, 1.54) is 0 Å². The molecule has 0 rings (SSSR count). The summed E-state index contributed by atoms with van der Waals surface area (Å²) < 4.78 is 0. The predicted molar refractivity (Wildman–Crippen MR) is 46.1 cm³/mol. The van der Waals surface area contributed by atoms with Gasteiger partial charge in [-0.1, -0.05) is 6.92 Å². The van der Waals surface area contributed by atoms with Gasteiger partial charge in [-0.15, -0.1) is 23.2 Å². The van der Waals surface area contributed by atoms with E-state index in [4.69, 9.17) is 33.6 Å². The minimum Gasteiger partial charge on any atom is -0.481 e. The molecule has 0 aromatic carbocycles. The highest BCUT2D eigenvalue weighted by Gasteiger charge is 2.37. The fourth-order valence-electron chi connectivity index (χ4n) is 0.794. The van der Waals surface area contributed by atoms with Crippen LogP contribution in [0.3, 0.4) is 0 Å². The molecule has 1 N–H and O–H groups in total. The lowest BCUT2D eigenvalue weighted by atomic mass is 9.85. The molecule has 0 radical (unpaired) electrons. The number of nitrogens with zero attached hydrogens (tertiary/aromatic N) is 1. The third-order valence-corrected chi connectivity index (χ3v) is 2.57. The van der Waals surface area contributed by atoms with E-state index in [2.05, 4.69) is 0 Å². The van der Waals surface area contributed by atoms with Crippen molar-refractivity contribution >= 4 is 29.2 Å². The lowest BCUT2D eigenvalue weighted by molar-refractivity contribution is -0.138. The maximum Gasteiger partial charge on any atom is 0.305 e. The van der Waals surface area contributed by atoms with Gasteiger partial charge in [0.2, 0.25) is 0 Å². The molecule has 12 heavy (non-hydrogen) atoms. The van der Waals surface area contributed by atoms with Crippen LogP contribution in [0.25, 0.3) is 0 Å². The molecular weight excluding hydrogens is 201 g/mol. The molecule has 0 spiro atoms. The number of alkyl halides is 2. The number of hydrogen-bond acceptors (Lipinski definition) is 2. The molecule has 0 bridgehead atoms. The molecule has 0 amide bonds. The first-order chi connectivity index (χ1) is 5.48. The Kier molecular flexibility index (Phi) is 4.36. The summed E-state index contributed by atoms with van der Waals surface area (Å²) in [6, 6.07) is 1.85. The maximum atomic E-state index is 10.4. The number of aliphatic carboxylic acids is 1. The van der Waals surface area contributed by atoms with Crippen molar-refractivity contribution in [1.29, 1.82) is 5.26 Å². The highest BCUT2D eigenvalue weighted by molar-refractivity contribution is 6.45. The van der Waals surface area contributed by atoms with Crippen LogP contribution in [0.15, 0.2) is 0 Å². The molecule has 0 saturated heterocycles. The molecule has 1 atom stereocenters. The molecule has 0 heterocycles. The van der Waals surface area contributed by atoms with Crippen LogP contribution in [0, 0.1) is 16.7 Å². The fourth-order valence-corrected chi connectivity index (χ4v) is 1.35. The van der Waals surface area contributed by atoms with E-state index >= 15 is 0 Å². The molecule has 0 fully saturated rings. The molecule has 3 nitrogen and oxygen atoms in total. The SMILES string of the molecule is CCC(C#N)(CC(=O)O)C(Cl)Cl. The highest BCUT2D eigenvalue weighted by Crippen LogP contribution is 2.35. The van der Waals surface area contributed by atoms with Crippen LogP contribution in [0.1, 0.15) is 19.8 Å². The Balaban J connectivity index is 4.61. The summed E-state index contributed by atoms with van der Waals surface area (Å²) >= 11 is 11.0. The van der Waals surface area contributed by atoms with E-state index in [0.717, 1.165) is 0 Å². The quantitative estimate of drug-likeness (QED) is 0.723. The summed E-state index contributed by atoms with van der Waals surface area (Å²) in [4.78, 5) is 9.40. The average molecular weight is 210 g/mol. The molecule has 0 aromatic heterocycles. The number of carboxylic acid groups (broad SMARTS) is 1. The van der Waals surface area contributed by atoms with Crippen LogP contribution < -0.4 is 0 Å². The van der Waals surface area contributed by atoms with Crippen LogP contribution in [-0.4, -0.2) is 15.9 Å². The van der Waals surface area contributed by atoms with Gasteiger partial charge in [0.1, 0.15) is 4.84 Å². The van der Waals surface area contributed by atoms with Gasteiger partial charge in [-0.05, 0) is 6.42 Å². The van der Waals surface area contributed by atoms with Crippen LogP contribution in [0.2, 0.25) is 0 Å². The summed E-state index contributed by atoms with van der Waals surface area (Å²) in [5.41, 5.74) is -1.16. The van der Waals surface area contributed by atoms with Crippen LogP contribution >= 0.6 is 23.2 Å². The lowest BCUT2D eigenvalue weighted by Gasteiger charge is -2.23. The van der Waals surface area contributed by atoms with Crippen molar-refractivity contribution < 1.29 is 9.90 Å². The Morgan fingerprint density at radius 2 is 2.25 bits per heavy atom. The minimum atomic E-state index is -1.16. The molecule has 0 aliphatic carbocycles. The molecule has 0 aromatic rings. The van der Waals surface area contributed by atoms with Gasteiger partial charge in [-0.3, -0.25) is 4.79 Å². The van der Waals surface area contributed by atoms with Gasteiger partial charge < -0.3 is 5.11 Å². The molecule has 5 heteroatoms. The summed E-state index contributed by atoms with van der Waals surface area (Å²) in [5, 5.41) is 17.2. The van der Waals surface area contributed by atoms with Crippen molar-refractivity contribution in [2.45, 2.75) is 24.6 Å². The number of carbonyl (C=O) groups is 1. The normalized spacial score (nSPS) is 15.2. The van der Waals surface area contributed by atoms with Gasteiger partial charge >= 0.3 is 5.97 Å². The van der Waals surface area contributed by atoms with Gasteiger partial charge in [0, 0.05) is 0 Å². The van der Waals surface area contributed by atoms with E-state index in [1.54, 1.807) is 6.92 Å². The van der Waals surface area contributed by atoms with Crippen molar-refractivity contribution in [3.8, 4) is 6.07 Å². The second-order valence-corrected chi connectivity index (χ2v) is 3.59. The molecular formula is C7H9Cl2NO2. The summed E-state index contributed by atoms with van der Waals surface area (Å²) in [7, 11) is 0. The van der Waals surface area contributed by atoms with Gasteiger partial charge in [0.05, 0.1) is 17.9 Å². The number of rotatable bonds is 4. The number of hydrogen-bond donors (Lipinski definition) is 1. The number of nitriles is 1. The fraction of sp³-hybridized carbons (Fsp3) is 0.714. The predicted octanol–water partition coefficient (Wildman–Crippen LogP) is 2.18. The van der Waals surface area contributed by atoms with Crippen molar-refractivity contribution in [3.05, 3.63) is 0 Å². The van der Waals surface area contributed by atoms with E-state index in [0.29, 0.717) is 6.42 Å². The van der Waals surface area contributed by atoms with E-state index in [1.807, 2.05) is 6.07 Å². The molecule has 1 unspecified atom stereocenters. The zero-order valence-corrected chi connectivity index (χ0v) is 8.06. The van der Waals surface area contributed by atoms with E-state index in [9.17, 15) is 4.79 Å². The van der Waals surface area contributed by atoms with Crippen molar-refractivity contribution in [2.75, 3.05) is 0 Å². The molecule has 0 aliphatic heterocycles. The van der Waals surface area contributed by atoms with Crippen molar-refractivity contribution in [1.82, 2.24) is 0 Å². The Bertz CT molecular complexity index is 212. The highest BCUT2D eigenvalue weighted by atomic mass is 35.5. The van der Waals surface area contributed by atoms with Crippen LogP contribution in [0.5, 0.6) is 0 Å². The average Bonchev–Trinajstić information content (AvgIpc) is 1.99. The summed E-state index contributed by atoms with van der Waals surface area (Å²) in [6.45, 7) is 1.68. The second kappa shape index (κ2) is 4.54. The number of carboxylic acids is 1. The maximum absolute atomic E-state index is 10.4. The first-order valence-electron chi connectivity index (χ1n) is 3.39. The van der Waals surface area contributed by atoms with Crippen molar-refractivity contribution in [3.63, 3.8) is 0 Å². The third-order valence-electron chi connectivity index (χ3n) is 1.74. The Labute approximate surface area is 80.9 Å². The summed E-state index contributed by atoms with van der Waals surface area (Å²) in [5.74, 6) is -1.07. The Morgan fingerprint density at radius 3 is 2.33 bits per heavy atom. The topological polar surface area (TPSA) is 61.1 Å². The molecule has 0 saturated carbocycles. The van der Waals surface area contributed by atoms with Gasteiger partial charge in [0.15, 0.2) is 0 Å². The van der Waals surface area contributed by atoms with Gasteiger partial charge in [0.25, 0.3) is 0 Å². The van der Waals surface area contributed by atoms with E-state index < -0.39 is 16.2 Å².